The van der Waals surface area contributed by atoms with Crippen molar-refractivity contribution < 1.29 is 22.4 Å². The van der Waals surface area contributed by atoms with Crippen molar-refractivity contribution in [2.75, 3.05) is 0 Å². The number of primary amides is 1. The molecule has 0 aliphatic heterocycles. The zero-order valence-corrected chi connectivity index (χ0v) is 16.5. The minimum Gasteiger partial charge on any atom is -0.369 e. The smallest absolute Gasteiger partial charge is 0.228 e. The number of amides is 1. The van der Waals surface area contributed by atoms with Crippen LogP contribution >= 0.6 is 12.4 Å². The Balaban J connectivity index is 0.000000202. The number of rotatable bonds is 3. The van der Waals surface area contributed by atoms with Gasteiger partial charge in [0.25, 0.3) is 0 Å². The fourth-order valence-corrected chi connectivity index (χ4v) is 3.65. The highest BCUT2D eigenvalue weighted by atomic mass is 35.5. The first-order valence-corrected chi connectivity index (χ1v) is 9.18. The van der Waals surface area contributed by atoms with Gasteiger partial charge in [-0.3, -0.25) is 4.79 Å². The summed E-state index contributed by atoms with van der Waals surface area (Å²) in [6.07, 6.45) is 4.91. The van der Waals surface area contributed by atoms with Gasteiger partial charge in [0.15, 0.2) is 23.3 Å². The molecule has 0 spiro atoms. The maximum absolute atomic E-state index is 13.0. The maximum atomic E-state index is 13.0. The Morgan fingerprint density at radius 2 is 1.21 bits per heavy atom. The summed E-state index contributed by atoms with van der Waals surface area (Å²) in [5.74, 6) is -3.92. The molecule has 4 rings (SSSR count). The second-order valence-electron chi connectivity index (χ2n) is 7.57. The Morgan fingerprint density at radius 1 is 0.759 bits per heavy atom. The van der Waals surface area contributed by atoms with Crippen molar-refractivity contribution in [3.8, 4) is 0 Å². The summed E-state index contributed by atoms with van der Waals surface area (Å²) in [6.45, 7) is 0. The van der Waals surface area contributed by atoms with Crippen molar-refractivity contribution in [1.29, 1.82) is 0 Å². The second kappa shape index (κ2) is 8.71. The zero-order valence-electron chi connectivity index (χ0n) is 15.7. The number of benzene rings is 2. The molecule has 2 aromatic carbocycles. The van der Waals surface area contributed by atoms with Crippen molar-refractivity contribution >= 4 is 18.3 Å². The molecule has 3 nitrogen and oxygen atoms in total. The normalized spacial score (nSPS) is 18.2. The predicted molar refractivity (Wildman–Crippen MR) is 104 cm³/mol. The molecule has 29 heavy (non-hydrogen) atoms. The van der Waals surface area contributed by atoms with Gasteiger partial charge in [0.2, 0.25) is 5.91 Å². The predicted octanol–water partition coefficient (Wildman–Crippen LogP) is 4.60. The molecule has 4 N–H and O–H groups in total. The van der Waals surface area contributed by atoms with E-state index in [9.17, 15) is 22.4 Å². The molecular formula is C21H23ClF4N2O. The average Bonchev–Trinajstić information content (AvgIpc) is 2.57. The quantitative estimate of drug-likeness (QED) is 0.699. The van der Waals surface area contributed by atoms with Crippen molar-refractivity contribution in [3.63, 3.8) is 0 Å². The summed E-state index contributed by atoms with van der Waals surface area (Å²) >= 11 is 0. The fraction of sp³-hybridized carbons (Fsp3) is 0.381. The number of hydrogen-bond donors (Lipinski definition) is 2. The van der Waals surface area contributed by atoms with Crippen LogP contribution in [0, 0.1) is 23.3 Å². The third-order valence-electron chi connectivity index (χ3n) is 5.89. The minimum absolute atomic E-state index is 0. The lowest BCUT2D eigenvalue weighted by atomic mass is 9.64. The monoisotopic (exact) mass is 430 g/mol. The van der Waals surface area contributed by atoms with Gasteiger partial charge in [0.05, 0.1) is 5.41 Å². The molecule has 158 valence electrons. The summed E-state index contributed by atoms with van der Waals surface area (Å²) in [6, 6.07) is 7.44. The highest BCUT2D eigenvalue weighted by molar-refractivity contribution is 5.87. The van der Waals surface area contributed by atoms with Crippen LogP contribution in [0.3, 0.4) is 0 Å². The lowest BCUT2D eigenvalue weighted by molar-refractivity contribution is -0.126. The average molecular weight is 431 g/mol. The van der Waals surface area contributed by atoms with Crippen LogP contribution in [-0.2, 0) is 15.7 Å². The van der Waals surface area contributed by atoms with Crippen LogP contribution in [0.2, 0.25) is 0 Å². The third kappa shape index (κ3) is 4.41. The molecule has 8 heteroatoms. The van der Waals surface area contributed by atoms with Gasteiger partial charge in [0, 0.05) is 5.54 Å². The van der Waals surface area contributed by atoms with Crippen molar-refractivity contribution in [2.24, 2.45) is 11.5 Å². The second-order valence-corrected chi connectivity index (χ2v) is 7.57. The lowest BCUT2D eigenvalue weighted by Crippen LogP contribution is -2.46. The lowest BCUT2D eigenvalue weighted by Gasteiger charge is -2.39. The molecule has 0 heterocycles. The van der Waals surface area contributed by atoms with E-state index in [1.54, 1.807) is 6.07 Å². The van der Waals surface area contributed by atoms with E-state index in [2.05, 4.69) is 0 Å². The molecule has 0 bridgehead atoms. The molecule has 2 fully saturated rings. The molecule has 0 unspecified atom stereocenters. The summed E-state index contributed by atoms with van der Waals surface area (Å²) in [5, 5.41) is 0. The summed E-state index contributed by atoms with van der Waals surface area (Å²) in [5.41, 5.74) is 11.3. The van der Waals surface area contributed by atoms with Gasteiger partial charge in [-0.2, -0.15) is 0 Å². The molecule has 2 aliphatic carbocycles. The van der Waals surface area contributed by atoms with Gasteiger partial charge in [-0.1, -0.05) is 18.6 Å². The first-order valence-electron chi connectivity index (χ1n) is 9.18. The molecule has 0 saturated heterocycles. The zero-order chi connectivity index (χ0) is 20.5. The maximum Gasteiger partial charge on any atom is 0.228 e. The van der Waals surface area contributed by atoms with Crippen LogP contribution in [0.15, 0.2) is 36.4 Å². The summed E-state index contributed by atoms with van der Waals surface area (Å²) in [4.78, 5) is 11.3. The Labute approximate surface area is 172 Å². The van der Waals surface area contributed by atoms with Gasteiger partial charge in [-0.25, -0.2) is 17.6 Å². The van der Waals surface area contributed by atoms with Crippen LogP contribution in [0.25, 0.3) is 0 Å². The van der Waals surface area contributed by atoms with Crippen molar-refractivity contribution in [2.45, 2.75) is 49.5 Å². The highest BCUT2D eigenvalue weighted by Gasteiger charge is 2.44. The molecule has 0 atom stereocenters. The molecule has 0 aromatic heterocycles. The number of nitrogens with two attached hydrogens (primary N) is 2. The largest absolute Gasteiger partial charge is 0.369 e. The molecular weight excluding hydrogens is 408 g/mol. The van der Waals surface area contributed by atoms with Gasteiger partial charge >= 0.3 is 0 Å². The Hall–Kier alpha value is -2.12. The first-order chi connectivity index (χ1) is 13.2. The number of carbonyl (C=O) groups is 1. The van der Waals surface area contributed by atoms with E-state index in [0.717, 1.165) is 43.9 Å². The number of hydrogen-bond acceptors (Lipinski definition) is 2. The van der Waals surface area contributed by atoms with Crippen LogP contribution in [-0.4, -0.2) is 5.91 Å². The van der Waals surface area contributed by atoms with E-state index in [-0.39, 0.29) is 12.4 Å². The molecule has 1 amide bonds. The summed E-state index contributed by atoms with van der Waals surface area (Å²) < 4.78 is 51.2. The highest BCUT2D eigenvalue weighted by Crippen LogP contribution is 2.43. The molecule has 2 saturated carbocycles. The van der Waals surface area contributed by atoms with Crippen LogP contribution in [0.1, 0.15) is 49.7 Å². The minimum atomic E-state index is -0.931. The van der Waals surface area contributed by atoms with Crippen LogP contribution in [0.4, 0.5) is 17.6 Å². The Kier molecular flexibility index (Phi) is 6.96. The number of carbonyl (C=O) groups excluding carboxylic acids is 1. The SMILES string of the molecule is Cl.NC(=O)C1(c2ccc(F)c(F)c2)CCC1.NC1(c2ccc(F)c(F)c2)CCC1. The summed E-state index contributed by atoms with van der Waals surface area (Å²) in [7, 11) is 0. The van der Waals surface area contributed by atoms with Crippen molar-refractivity contribution in [1.82, 2.24) is 0 Å². The van der Waals surface area contributed by atoms with E-state index in [4.69, 9.17) is 11.5 Å². The first kappa shape index (κ1) is 23.2. The fourth-order valence-electron chi connectivity index (χ4n) is 3.65. The van der Waals surface area contributed by atoms with E-state index >= 15 is 0 Å². The standard InChI is InChI=1S/C11H11F2NO.C10H11F2N.ClH/c12-8-3-2-7(6-9(8)13)11(10(14)15)4-1-5-11;11-8-3-2-7(6-9(8)12)10(13)4-1-5-10;/h2-3,6H,1,4-5H2,(H2,14,15);2-3,6H,1,4-5,13H2;1H. The van der Waals surface area contributed by atoms with Crippen molar-refractivity contribution in [3.05, 3.63) is 70.8 Å². The van der Waals surface area contributed by atoms with Gasteiger partial charge in [-0.15, -0.1) is 12.4 Å². The van der Waals surface area contributed by atoms with E-state index in [1.165, 1.54) is 12.1 Å². The van der Waals surface area contributed by atoms with E-state index in [0.29, 0.717) is 24.0 Å². The molecule has 2 aliphatic rings. The van der Waals surface area contributed by atoms with E-state index in [1.807, 2.05) is 0 Å². The van der Waals surface area contributed by atoms with Crippen LogP contribution < -0.4 is 11.5 Å². The Bertz CT molecular complexity index is 898. The molecule has 2 aromatic rings. The van der Waals surface area contributed by atoms with Gasteiger partial charge in [-0.05, 0) is 67.5 Å². The van der Waals surface area contributed by atoms with Gasteiger partial charge < -0.3 is 11.5 Å². The number of halogens is 5. The van der Waals surface area contributed by atoms with Crippen LogP contribution in [0.5, 0.6) is 0 Å². The molecule has 0 radical (unpaired) electrons. The third-order valence-corrected chi connectivity index (χ3v) is 5.89. The Morgan fingerprint density at radius 3 is 1.55 bits per heavy atom. The van der Waals surface area contributed by atoms with E-state index < -0.39 is 40.1 Å². The topological polar surface area (TPSA) is 69.1 Å². The van der Waals surface area contributed by atoms with Gasteiger partial charge in [0.1, 0.15) is 0 Å².